The monoisotopic (exact) mass is 497 g/mol. The van der Waals surface area contributed by atoms with Crippen molar-refractivity contribution in [3.8, 4) is 0 Å². The van der Waals surface area contributed by atoms with Gasteiger partial charge in [-0.2, -0.15) is 0 Å². The van der Waals surface area contributed by atoms with E-state index < -0.39 is 0 Å². The summed E-state index contributed by atoms with van der Waals surface area (Å²) in [6.45, 7) is 5.57. The number of rotatable bonds is 7. The van der Waals surface area contributed by atoms with E-state index in [2.05, 4.69) is 19.2 Å². The van der Waals surface area contributed by atoms with Crippen molar-refractivity contribution in [1.82, 2.24) is 9.55 Å². The highest BCUT2D eigenvalue weighted by molar-refractivity contribution is 7.99. The Labute approximate surface area is 208 Å². The van der Waals surface area contributed by atoms with Gasteiger partial charge in [-0.15, -0.1) is 11.3 Å². The van der Waals surface area contributed by atoms with Gasteiger partial charge in [0, 0.05) is 17.2 Å². The third-order valence-electron chi connectivity index (χ3n) is 6.80. The van der Waals surface area contributed by atoms with Gasteiger partial charge >= 0.3 is 0 Å². The number of thioether (sulfide) groups is 1. The van der Waals surface area contributed by atoms with Gasteiger partial charge in [0.15, 0.2) is 5.16 Å². The lowest BCUT2D eigenvalue weighted by atomic mass is 9.89. The van der Waals surface area contributed by atoms with Crippen LogP contribution in [0.2, 0.25) is 0 Å². The number of para-hydroxylation sites is 1. The Morgan fingerprint density at radius 3 is 2.97 bits per heavy atom. The number of fused-ring (bicyclic) bond motifs is 3. The number of carbonyl (C=O) groups excluding carboxylic acids is 1. The lowest BCUT2D eigenvalue weighted by molar-refractivity contribution is -0.113. The van der Waals surface area contributed by atoms with Crippen molar-refractivity contribution in [2.45, 2.75) is 70.2 Å². The fraction of sp³-hybridized carbons (Fsp3) is 0.500. The minimum Gasteiger partial charge on any atom is -0.376 e. The van der Waals surface area contributed by atoms with Gasteiger partial charge in [0.2, 0.25) is 5.91 Å². The molecule has 1 amide bonds. The summed E-state index contributed by atoms with van der Waals surface area (Å²) in [5.41, 5.74) is 3.17. The molecular weight excluding hydrogens is 466 g/mol. The summed E-state index contributed by atoms with van der Waals surface area (Å²) in [5, 5.41) is 4.42. The number of aromatic nitrogens is 2. The second-order valence-corrected chi connectivity index (χ2v) is 11.4. The molecule has 2 unspecified atom stereocenters. The highest BCUT2D eigenvalue weighted by Crippen LogP contribution is 2.36. The number of benzene rings is 1. The zero-order valence-corrected chi connectivity index (χ0v) is 21.4. The predicted octanol–water partition coefficient (Wildman–Crippen LogP) is 5.06. The average molecular weight is 498 g/mol. The van der Waals surface area contributed by atoms with Crippen molar-refractivity contribution < 1.29 is 9.53 Å². The Morgan fingerprint density at radius 2 is 2.18 bits per heavy atom. The van der Waals surface area contributed by atoms with Crippen LogP contribution in [0.1, 0.15) is 49.1 Å². The predicted molar refractivity (Wildman–Crippen MR) is 139 cm³/mol. The normalized spacial score (nSPS) is 19.9. The zero-order valence-electron chi connectivity index (χ0n) is 19.8. The number of hydrogen-bond acceptors (Lipinski definition) is 6. The molecule has 2 aromatic heterocycles. The number of nitrogens with zero attached hydrogens (tertiary/aromatic N) is 2. The summed E-state index contributed by atoms with van der Waals surface area (Å²) in [6, 6.07) is 7.86. The van der Waals surface area contributed by atoms with E-state index >= 15 is 0 Å². The first-order valence-corrected chi connectivity index (χ1v) is 14.0. The fourth-order valence-corrected chi connectivity index (χ4v) is 7.17. The minimum atomic E-state index is -0.0942. The summed E-state index contributed by atoms with van der Waals surface area (Å²) in [6.07, 6.45) is 5.91. The number of hydrogen-bond donors (Lipinski definition) is 1. The first kappa shape index (κ1) is 23.6. The van der Waals surface area contributed by atoms with E-state index in [9.17, 15) is 9.59 Å². The zero-order chi connectivity index (χ0) is 23.7. The largest absolute Gasteiger partial charge is 0.376 e. The number of ether oxygens (including phenoxy) is 1. The van der Waals surface area contributed by atoms with Gasteiger partial charge in [-0.05, 0) is 61.6 Å². The molecule has 2 aliphatic rings. The molecule has 1 aliphatic carbocycles. The van der Waals surface area contributed by atoms with Crippen LogP contribution >= 0.6 is 23.1 Å². The number of nitrogens with one attached hydrogen (secondary N) is 1. The summed E-state index contributed by atoms with van der Waals surface area (Å²) in [4.78, 5) is 33.6. The number of aryl methyl sites for hydroxylation is 2. The van der Waals surface area contributed by atoms with Crippen LogP contribution in [0.15, 0.2) is 34.2 Å². The van der Waals surface area contributed by atoms with E-state index in [1.807, 2.05) is 24.3 Å². The summed E-state index contributed by atoms with van der Waals surface area (Å²) < 4.78 is 7.61. The van der Waals surface area contributed by atoms with E-state index in [1.54, 1.807) is 15.9 Å². The maximum Gasteiger partial charge on any atom is 0.263 e. The number of amides is 1. The highest BCUT2D eigenvalue weighted by Gasteiger charge is 2.26. The smallest absolute Gasteiger partial charge is 0.263 e. The van der Waals surface area contributed by atoms with E-state index in [0.717, 1.165) is 66.6 Å². The average Bonchev–Trinajstić information content (AvgIpc) is 3.47. The van der Waals surface area contributed by atoms with Crippen molar-refractivity contribution in [2.24, 2.45) is 5.92 Å². The van der Waals surface area contributed by atoms with Gasteiger partial charge in [0.05, 0.1) is 23.8 Å². The van der Waals surface area contributed by atoms with Crippen molar-refractivity contribution in [3.63, 3.8) is 0 Å². The lowest BCUT2D eigenvalue weighted by Gasteiger charge is -2.18. The van der Waals surface area contributed by atoms with Gasteiger partial charge in [-0.25, -0.2) is 4.98 Å². The molecule has 1 saturated heterocycles. The van der Waals surface area contributed by atoms with Crippen molar-refractivity contribution in [2.75, 3.05) is 17.7 Å². The molecule has 1 N–H and O–H groups in total. The molecule has 1 aliphatic heterocycles. The summed E-state index contributed by atoms with van der Waals surface area (Å²) in [5.74, 6) is 0.741. The molecule has 0 spiro atoms. The second kappa shape index (κ2) is 10.2. The van der Waals surface area contributed by atoms with Gasteiger partial charge in [0.25, 0.3) is 5.56 Å². The first-order chi connectivity index (χ1) is 16.5. The van der Waals surface area contributed by atoms with Crippen LogP contribution < -0.4 is 10.9 Å². The molecule has 2 atom stereocenters. The van der Waals surface area contributed by atoms with Crippen LogP contribution in [0, 0.1) is 5.92 Å². The van der Waals surface area contributed by atoms with Gasteiger partial charge in [-0.3, -0.25) is 14.2 Å². The van der Waals surface area contributed by atoms with Crippen LogP contribution in [0.3, 0.4) is 0 Å². The van der Waals surface area contributed by atoms with Crippen LogP contribution in [0.5, 0.6) is 0 Å². The highest BCUT2D eigenvalue weighted by atomic mass is 32.2. The molecule has 1 aromatic carbocycles. The molecular formula is C26H31N3O3S2. The maximum absolute atomic E-state index is 13.7. The molecule has 5 rings (SSSR count). The third kappa shape index (κ3) is 4.81. The molecule has 8 heteroatoms. The summed E-state index contributed by atoms with van der Waals surface area (Å²) in [7, 11) is 0. The first-order valence-electron chi connectivity index (χ1n) is 12.2. The van der Waals surface area contributed by atoms with E-state index in [4.69, 9.17) is 9.72 Å². The Bertz CT molecular complexity index is 1260. The number of carbonyl (C=O) groups is 1. The Morgan fingerprint density at radius 1 is 1.32 bits per heavy atom. The van der Waals surface area contributed by atoms with Crippen molar-refractivity contribution in [1.29, 1.82) is 0 Å². The van der Waals surface area contributed by atoms with Gasteiger partial charge < -0.3 is 10.1 Å². The van der Waals surface area contributed by atoms with Gasteiger partial charge in [-0.1, -0.05) is 43.8 Å². The molecule has 6 nitrogen and oxygen atoms in total. The summed E-state index contributed by atoms with van der Waals surface area (Å²) >= 11 is 2.99. The van der Waals surface area contributed by atoms with Crippen molar-refractivity contribution >= 4 is 44.9 Å². The molecule has 3 aromatic rings. The molecule has 3 heterocycles. The number of thiophene rings is 1. The molecule has 0 saturated carbocycles. The van der Waals surface area contributed by atoms with Crippen LogP contribution in [0.25, 0.3) is 10.2 Å². The molecule has 34 heavy (non-hydrogen) atoms. The van der Waals surface area contributed by atoms with E-state index in [-0.39, 0.29) is 23.3 Å². The lowest BCUT2D eigenvalue weighted by Crippen LogP contribution is -2.29. The standard InChI is InChI=1S/C26H31N3O3S2/c1-3-17-7-4-5-9-20(17)27-22(30)15-33-26-28-24-23(19-11-10-16(2)13-21(19)34-24)25(31)29(26)14-18-8-6-12-32-18/h4-5,7,9,16,18H,3,6,8,10-15H2,1-2H3,(H,27,30). The SMILES string of the molecule is CCc1ccccc1NC(=O)CSc1nc2sc3c(c2c(=O)n1CC1CCCO1)CCC(C)C3. The van der Waals surface area contributed by atoms with Gasteiger partial charge in [0.1, 0.15) is 4.83 Å². The Kier molecular flexibility index (Phi) is 7.09. The third-order valence-corrected chi connectivity index (χ3v) is 8.92. The second-order valence-electron chi connectivity index (χ2n) is 9.32. The Hall–Kier alpha value is -2.16. The van der Waals surface area contributed by atoms with E-state index in [0.29, 0.717) is 17.6 Å². The topological polar surface area (TPSA) is 73.2 Å². The van der Waals surface area contributed by atoms with Crippen molar-refractivity contribution in [3.05, 3.63) is 50.6 Å². The van der Waals surface area contributed by atoms with Crippen LogP contribution in [0.4, 0.5) is 5.69 Å². The fourth-order valence-electron chi connectivity index (χ4n) is 4.93. The molecule has 180 valence electrons. The van der Waals surface area contributed by atoms with Crippen LogP contribution in [-0.2, 0) is 35.3 Å². The van der Waals surface area contributed by atoms with E-state index in [1.165, 1.54) is 22.2 Å². The number of anilines is 1. The minimum absolute atomic E-state index is 0.0202. The maximum atomic E-state index is 13.7. The van der Waals surface area contributed by atoms with Crippen LogP contribution in [-0.4, -0.2) is 33.9 Å². The molecule has 0 bridgehead atoms. The quantitative estimate of drug-likeness (QED) is 0.365. The molecule has 1 fully saturated rings. The Balaban J connectivity index is 1.44. The molecule has 0 radical (unpaired) electrons.